The molecule has 0 spiro atoms. The van der Waals surface area contributed by atoms with Crippen LogP contribution in [0.15, 0.2) is 39.7 Å². The first-order valence-electron chi connectivity index (χ1n) is 6.58. The Bertz CT molecular complexity index is 634. The van der Waals surface area contributed by atoms with Gasteiger partial charge in [0, 0.05) is 26.3 Å². The van der Waals surface area contributed by atoms with E-state index in [9.17, 15) is 9.59 Å². The number of carbonyl (C=O) groups excluding carboxylic acids is 1. The van der Waals surface area contributed by atoms with E-state index in [-0.39, 0.29) is 18.0 Å². The number of methoxy groups -OCH3 is 1. The molecule has 2 rings (SSSR count). The fourth-order valence-electron chi connectivity index (χ4n) is 1.75. The summed E-state index contributed by atoms with van der Waals surface area (Å²) in [7, 11) is 1.60. The Morgan fingerprint density at radius 1 is 1.43 bits per heavy atom. The van der Waals surface area contributed by atoms with Crippen molar-refractivity contribution in [2.75, 3.05) is 20.3 Å². The molecule has 7 nitrogen and oxygen atoms in total. The van der Waals surface area contributed by atoms with Crippen LogP contribution in [0.25, 0.3) is 11.5 Å². The predicted octanol–water partition coefficient (Wildman–Crippen LogP) is 0.656. The van der Waals surface area contributed by atoms with Gasteiger partial charge in [-0.15, -0.1) is 0 Å². The van der Waals surface area contributed by atoms with E-state index in [1.54, 1.807) is 25.3 Å². The third kappa shape index (κ3) is 4.28. The highest BCUT2D eigenvalue weighted by Gasteiger charge is 2.08. The minimum Gasteiger partial charge on any atom is -0.463 e. The van der Waals surface area contributed by atoms with E-state index in [1.165, 1.54) is 12.3 Å². The van der Waals surface area contributed by atoms with Crippen LogP contribution in [0.2, 0.25) is 0 Å². The van der Waals surface area contributed by atoms with Crippen LogP contribution in [0.1, 0.15) is 6.42 Å². The molecule has 2 aromatic rings. The molecular weight excluding hydrogens is 274 g/mol. The molecule has 0 atom stereocenters. The molecule has 2 heterocycles. The van der Waals surface area contributed by atoms with Crippen molar-refractivity contribution in [3.8, 4) is 11.5 Å². The first-order valence-corrected chi connectivity index (χ1v) is 6.58. The van der Waals surface area contributed by atoms with E-state index in [1.807, 2.05) is 0 Å². The minimum atomic E-state index is -0.336. The zero-order chi connectivity index (χ0) is 15.1. The standard InChI is InChI=1S/C14H17N3O4/c1-20-8-3-7-15-13(18)10-17-14(19)6-5-11(16-17)12-4-2-9-21-12/h2,4-6,9H,3,7-8,10H2,1H3,(H,15,18). The van der Waals surface area contributed by atoms with Gasteiger partial charge in [0.15, 0.2) is 5.76 Å². The molecule has 1 N–H and O–H groups in total. The Balaban J connectivity index is 2.01. The number of nitrogens with one attached hydrogen (secondary N) is 1. The second-order valence-corrected chi connectivity index (χ2v) is 4.39. The number of aromatic nitrogens is 2. The Hall–Kier alpha value is -2.41. The zero-order valence-electron chi connectivity index (χ0n) is 11.7. The van der Waals surface area contributed by atoms with Gasteiger partial charge in [-0.25, -0.2) is 4.68 Å². The van der Waals surface area contributed by atoms with Gasteiger partial charge in [-0.1, -0.05) is 0 Å². The van der Waals surface area contributed by atoms with Crippen LogP contribution in [-0.2, 0) is 16.1 Å². The van der Waals surface area contributed by atoms with Gasteiger partial charge in [0.2, 0.25) is 5.91 Å². The smallest absolute Gasteiger partial charge is 0.267 e. The summed E-state index contributed by atoms with van der Waals surface area (Å²) in [6.07, 6.45) is 2.24. The zero-order valence-corrected chi connectivity index (χ0v) is 11.7. The van der Waals surface area contributed by atoms with Gasteiger partial charge in [-0.2, -0.15) is 5.10 Å². The molecule has 0 aliphatic rings. The molecule has 0 bridgehead atoms. The number of hydrogen-bond donors (Lipinski definition) is 1. The molecule has 0 aliphatic carbocycles. The number of amides is 1. The van der Waals surface area contributed by atoms with Crippen LogP contribution < -0.4 is 10.9 Å². The maximum atomic E-state index is 11.8. The molecule has 112 valence electrons. The van der Waals surface area contributed by atoms with Crippen molar-refractivity contribution < 1.29 is 13.9 Å². The SMILES string of the molecule is COCCCNC(=O)Cn1nc(-c2ccco2)ccc1=O. The maximum Gasteiger partial charge on any atom is 0.267 e. The van der Waals surface area contributed by atoms with Crippen molar-refractivity contribution in [3.63, 3.8) is 0 Å². The van der Waals surface area contributed by atoms with Gasteiger partial charge in [0.25, 0.3) is 5.56 Å². The van der Waals surface area contributed by atoms with Gasteiger partial charge in [-0.05, 0) is 24.6 Å². The number of hydrogen-bond acceptors (Lipinski definition) is 5. The molecule has 7 heteroatoms. The molecule has 0 aliphatic heterocycles. The second-order valence-electron chi connectivity index (χ2n) is 4.39. The third-order valence-electron chi connectivity index (χ3n) is 2.78. The molecule has 0 fully saturated rings. The minimum absolute atomic E-state index is 0.125. The Labute approximate surface area is 121 Å². The van der Waals surface area contributed by atoms with Crippen molar-refractivity contribution in [3.05, 3.63) is 40.9 Å². The number of carbonyl (C=O) groups is 1. The van der Waals surface area contributed by atoms with Crippen LogP contribution in [0, 0.1) is 0 Å². The largest absolute Gasteiger partial charge is 0.463 e. The summed E-state index contributed by atoms with van der Waals surface area (Å²) >= 11 is 0. The average Bonchev–Trinajstić information content (AvgIpc) is 3.00. The third-order valence-corrected chi connectivity index (χ3v) is 2.78. The topological polar surface area (TPSA) is 86.4 Å². The van der Waals surface area contributed by atoms with Gasteiger partial charge in [0.05, 0.1) is 6.26 Å². The molecule has 1 amide bonds. The van der Waals surface area contributed by atoms with Crippen molar-refractivity contribution >= 4 is 5.91 Å². The van der Waals surface area contributed by atoms with Crippen molar-refractivity contribution in [1.29, 1.82) is 0 Å². The lowest BCUT2D eigenvalue weighted by Crippen LogP contribution is -2.34. The Kier molecular flexibility index (Phi) is 5.28. The second kappa shape index (κ2) is 7.39. The molecular formula is C14H17N3O4. The van der Waals surface area contributed by atoms with Gasteiger partial charge in [-0.3, -0.25) is 9.59 Å². The molecule has 0 saturated carbocycles. The highest BCUT2D eigenvalue weighted by molar-refractivity contribution is 5.75. The van der Waals surface area contributed by atoms with E-state index >= 15 is 0 Å². The van der Waals surface area contributed by atoms with Gasteiger partial charge >= 0.3 is 0 Å². The highest BCUT2D eigenvalue weighted by atomic mass is 16.5. The fourth-order valence-corrected chi connectivity index (χ4v) is 1.75. The lowest BCUT2D eigenvalue weighted by molar-refractivity contribution is -0.121. The quantitative estimate of drug-likeness (QED) is 0.757. The normalized spacial score (nSPS) is 10.5. The van der Waals surface area contributed by atoms with E-state index in [4.69, 9.17) is 9.15 Å². The first-order chi connectivity index (χ1) is 10.2. The van der Waals surface area contributed by atoms with Gasteiger partial charge in [0.1, 0.15) is 12.2 Å². The van der Waals surface area contributed by atoms with Crippen LogP contribution in [0.5, 0.6) is 0 Å². The van der Waals surface area contributed by atoms with E-state index in [0.29, 0.717) is 24.6 Å². The summed E-state index contributed by atoms with van der Waals surface area (Å²) in [6, 6.07) is 6.40. The molecule has 0 radical (unpaired) electrons. The van der Waals surface area contributed by atoms with Crippen LogP contribution in [-0.4, -0.2) is 35.9 Å². The number of nitrogens with zero attached hydrogens (tertiary/aromatic N) is 2. The number of furan rings is 1. The Morgan fingerprint density at radius 3 is 3.00 bits per heavy atom. The van der Waals surface area contributed by atoms with Crippen LogP contribution in [0.4, 0.5) is 0 Å². The van der Waals surface area contributed by atoms with E-state index < -0.39 is 0 Å². The van der Waals surface area contributed by atoms with Crippen LogP contribution >= 0.6 is 0 Å². The van der Waals surface area contributed by atoms with Crippen molar-refractivity contribution in [1.82, 2.24) is 15.1 Å². The summed E-state index contributed by atoms with van der Waals surface area (Å²) in [5.41, 5.74) is 0.170. The highest BCUT2D eigenvalue weighted by Crippen LogP contribution is 2.14. The summed E-state index contributed by atoms with van der Waals surface area (Å²) in [5.74, 6) is 0.279. The van der Waals surface area contributed by atoms with E-state index in [2.05, 4.69) is 10.4 Å². The molecule has 21 heavy (non-hydrogen) atoms. The summed E-state index contributed by atoms with van der Waals surface area (Å²) in [4.78, 5) is 23.5. The van der Waals surface area contributed by atoms with Gasteiger partial charge < -0.3 is 14.5 Å². The summed E-state index contributed by atoms with van der Waals surface area (Å²) in [5, 5.41) is 6.83. The molecule has 2 aromatic heterocycles. The van der Waals surface area contributed by atoms with Crippen molar-refractivity contribution in [2.45, 2.75) is 13.0 Å². The lowest BCUT2D eigenvalue weighted by Gasteiger charge is -2.07. The number of rotatable bonds is 7. The summed E-state index contributed by atoms with van der Waals surface area (Å²) in [6.45, 7) is 0.951. The number of ether oxygens (including phenoxy) is 1. The fraction of sp³-hybridized carbons (Fsp3) is 0.357. The summed E-state index contributed by atoms with van der Waals surface area (Å²) < 4.78 is 11.2. The van der Waals surface area contributed by atoms with Crippen LogP contribution in [0.3, 0.4) is 0 Å². The maximum absolute atomic E-state index is 11.8. The first kappa shape index (κ1) is 15.0. The molecule has 0 unspecified atom stereocenters. The Morgan fingerprint density at radius 2 is 2.29 bits per heavy atom. The van der Waals surface area contributed by atoms with Crippen molar-refractivity contribution in [2.24, 2.45) is 0 Å². The predicted molar refractivity (Wildman–Crippen MR) is 75.7 cm³/mol. The van der Waals surface area contributed by atoms with E-state index in [0.717, 1.165) is 11.1 Å². The monoisotopic (exact) mass is 291 g/mol. The molecule has 0 saturated heterocycles. The lowest BCUT2D eigenvalue weighted by atomic mass is 10.3. The average molecular weight is 291 g/mol. The molecule has 0 aromatic carbocycles.